The number of nitro benzene ring substituents is 1. The normalized spacial score (nSPS) is 16.7. The molecular weight excluding hydrogens is 252 g/mol. The predicted molar refractivity (Wildman–Crippen MR) is 72.6 cm³/mol. The SMILES string of the molecule is Nc1c(CSC2CCOCC2)cccc1[N+](=O)[O-]. The van der Waals surface area contributed by atoms with Gasteiger partial charge in [0.15, 0.2) is 0 Å². The number of nitrogen functional groups attached to an aromatic ring is 1. The predicted octanol–water partition coefficient (Wildman–Crippen LogP) is 2.59. The van der Waals surface area contributed by atoms with E-state index in [2.05, 4.69) is 0 Å². The minimum absolute atomic E-state index is 0.0000718. The van der Waals surface area contributed by atoms with Gasteiger partial charge in [0, 0.05) is 30.3 Å². The Kier molecular flexibility index (Phi) is 4.43. The summed E-state index contributed by atoms with van der Waals surface area (Å²) in [5, 5.41) is 11.3. The fourth-order valence-corrected chi connectivity index (χ4v) is 3.13. The average Bonchev–Trinajstić information content (AvgIpc) is 2.38. The van der Waals surface area contributed by atoms with E-state index in [-0.39, 0.29) is 5.69 Å². The maximum atomic E-state index is 10.8. The van der Waals surface area contributed by atoms with Crippen LogP contribution < -0.4 is 5.73 Å². The average molecular weight is 268 g/mol. The number of nitro groups is 1. The van der Waals surface area contributed by atoms with E-state index < -0.39 is 4.92 Å². The summed E-state index contributed by atoms with van der Waals surface area (Å²) >= 11 is 1.80. The monoisotopic (exact) mass is 268 g/mol. The summed E-state index contributed by atoms with van der Waals surface area (Å²) < 4.78 is 5.30. The van der Waals surface area contributed by atoms with E-state index in [0.717, 1.165) is 37.4 Å². The number of hydrogen-bond acceptors (Lipinski definition) is 5. The summed E-state index contributed by atoms with van der Waals surface area (Å²) in [6, 6.07) is 4.99. The maximum absolute atomic E-state index is 10.8. The van der Waals surface area contributed by atoms with Crippen molar-refractivity contribution >= 4 is 23.1 Å². The second-order valence-electron chi connectivity index (χ2n) is 4.23. The van der Waals surface area contributed by atoms with Gasteiger partial charge in [-0.15, -0.1) is 0 Å². The summed E-state index contributed by atoms with van der Waals surface area (Å²) in [4.78, 5) is 10.3. The third kappa shape index (κ3) is 3.14. The molecule has 1 aliphatic rings. The molecule has 1 fully saturated rings. The van der Waals surface area contributed by atoms with E-state index in [1.807, 2.05) is 6.07 Å². The van der Waals surface area contributed by atoms with Gasteiger partial charge in [-0.25, -0.2) is 0 Å². The molecule has 0 radical (unpaired) electrons. The van der Waals surface area contributed by atoms with Gasteiger partial charge < -0.3 is 10.5 Å². The standard InChI is InChI=1S/C12H16N2O3S/c13-12-9(2-1-3-11(12)14(15)16)8-18-10-4-6-17-7-5-10/h1-3,10H,4-8,13H2. The summed E-state index contributed by atoms with van der Waals surface area (Å²) in [6.07, 6.45) is 2.08. The van der Waals surface area contributed by atoms with Crippen LogP contribution in [0.3, 0.4) is 0 Å². The third-order valence-corrected chi connectivity index (χ3v) is 4.43. The zero-order chi connectivity index (χ0) is 13.0. The lowest BCUT2D eigenvalue weighted by atomic mass is 10.2. The highest BCUT2D eigenvalue weighted by atomic mass is 32.2. The van der Waals surface area contributed by atoms with Crippen LogP contribution >= 0.6 is 11.8 Å². The van der Waals surface area contributed by atoms with Crippen molar-refractivity contribution in [3.63, 3.8) is 0 Å². The molecule has 0 bridgehead atoms. The molecule has 0 aromatic heterocycles. The van der Waals surface area contributed by atoms with E-state index >= 15 is 0 Å². The molecule has 0 amide bonds. The highest BCUT2D eigenvalue weighted by Gasteiger charge is 2.17. The van der Waals surface area contributed by atoms with Crippen LogP contribution in [0.2, 0.25) is 0 Å². The number of nitrogens with zero attached hydrogens (tertiary/aromatic N) is 1. The molecule has 0 unspecified atom stereocenters. The van der Waals surface area contributed by atoms with E-state index in [1.165, 1.54) is 6.07 Å². The van der Waals surface area contributed by atoms with Gasteiger partial charge in [0.2, 0.25) is 0 Å². The van der Waals surface area contributed by atoms with Crippen LogP contribution in [-0.4, -0.2) is 23.4 Å². The molecule has 1 saturated heterocycles. The zero-order valence-corrected chi connectivity index (χ0v) is 10.8. The van der Waals surface area contributed by atoms with Crippen LogP contribution in [0.4, 0.5) is 11.4 Å². The summed E-state index contributed by atoms with van der Waals surface area (Å²) in [6.45, 7) is 1.62. The van der Waals surface area contributed by atoms with Gasteiger partial charge in [-0.05, 0) is 18.4 Å². The summed E-state index contributed by atoms with van der Waals surface area (Å²) in [7, 11) is 0. The molecule has 18 heavy (non-hydrogen) atoms. The van der Waals surface area contributed by atoms with Gasteiger partial charge in [-0.1, -0.05) is 12.1 Å². The van der Waals surface area contributed by atoms with Crippen LogP contribution in [-0.2, 0) is 10.5 Å². The van der Waals surface area contributed by atoms with Crippen LogP contribution in [0, 0.1) is 10.1 Å². The first-order chi connectivity index (χ1) is 8.68. The first-order valence-electron chi connectivity index (χ1n) is 5.89. The lowest BCUT2D eigenvalue weighted by molar-refractivity contribution is -0.383. The van der Waals surface area contributed by atoms with E-state index in [4.69, 9.17) is 10.5 Å². The molecule has 2 rings (SSSR count). The van der Waals surface area contributed by atoms with Crippen molar-refractivity contribution in [2.24, 2.45) is 0 Å². The Morgan fingerprint density at radius 1 is 1.44 bits per heavy atom. The number of ether oxygens (including phenoxy) is 1. The van der Waals surface area contributed by atoms with E-state index in [9.17, 15) is 10.1 Å². The molecule has 6 heteroatoms. The Bertz CT molecular complexity index is 433. The second kappa shape index (κ2) is 6.06. The second-order valence-corrected chi connectivity index (χ2v) is 5.52. The molecule has 1 aromatic rings. The Balaban J connectivity index is 2.00. The molecule has 0 aliphatic carbocycles. The van der Waals surface area contributed by atoms with E-state index in [0.29, 0.717) is 10.9 Å². The minimum atomic E-state index is -0.433. The fraction of sp³-hybridized carbons (Fsp3) is 0.500. The fourth-order valence-electron chi connectivity index (χ4n) is 1.93. The van der Waals surface area contributed by atoms with Crippen LogP contribution in [0.5, 0.6) is 0 Å². The Hall–Kier alpha value is -1.27. The first kappa shape index (κ1) is 13.2. The van der Waals surface area contributed by atoms with Crippen molar-refractivity contribution in [1.82, 2.24) is 0 Å². The number of para-hydroxylation sites is 1. The number of benzene rings is 1. The molecule has 1 aromatic carbocycles. The van der Waals surface area contributed by atoms with Crippen LogP contribution in [0.1, 0.15) is 18.4 Å². The van der Waals surface area contributed by atoms with Crippen molar-refractivity contribution in [3.8, 4) is 0 Å². The summed E-state index contributed by atoms with van der Waals surface area (Å²) in [5.41, 5.74) is 6.96. The number of anilines is 1. The van der Waals surface area contributed by atoms with Crippen LogP contribution in [0.15, 0.2) is 18.2 Å². The molecule has 5 nitrogen and oxygen atoms in total. The topological polar surface area (TPSA) is 78.4 Å². The van der Waals surface area contributed by atoms with Gasteiger partial charge in [-0.3, -0.25) is 10.1 Å². The maximum Gasteiger partial charge on any atom is 0.292 e. The lowest BCUT2D eigenvalue weighted by Gasteiger charge is -2.21. The van der Waals surface area contributed by atoms with Crippen molar-refractivity contribution < 1.29 is 9.66 Å². The van der Waals surface area contributed by atoms with Crippen molar-refractivity contribution in [1.29, 1.82) is 0 Å². The number of thioether (sulfide) groups is 1. The smallest absolute Gasteiger partial charge is 0.292 e. The van der Waals surface area contributed by atoms with Crippen molar-refractivity contribution in [2.75, 3.05) is 18.9 Å². The van der Waals surface area contributed by atoms with E-state index in [1.54, 1.807) is 17.8 Å². The van der Waals surface area contributed by atoms with Crippen molar-refractivity contribution in [3.05, 3.63) is 33.9 Å². The molecule has 2 N–H and O–H groups in total. The zero-order valence-electron chi connectivity index (χ0n) is 10.0. The van der Waals surface area contributed by atoms with Crippen LogP contribution in [0.25, 0.3) is 0 Å². The number of nitrogens with two attached hydrogens (primary N) is 1. The van der Waals surface area contributed by atoms with Gasteiger partial charge in [-0.2, -0.15) is 11.8 Å². The van der Waals surface area contributed by atoms with Gasteiger partial charge in [0.1, 0.15) is 5.69 Å². The molecule has 1 aliphatic heterocycles. The minimum Gasteiger partial charge on any atom is -0.393 e. The summed E-state index contributed by atoms with van der Waals surface area (Å²) in [5.74, 6) is 0.720. The lowest BCUT2D eigenvalue weighted by Crippen LogP contribution is -2.17. The molecule has 0 saturated carbocycles. The quantitative estimate of drug-likeness (QED) is 0.516. The van der Waals surface area contributed by atoms with Crippen molar-refractivity contribution in [2.45, 2.75) is 23.8 Å². The molecule has 0 spiro atoms. The first-order valence-corrected chi connectivity index (χ1v) is 6.94. The number of rotatable bonds is 4. The molecule has 98 valence electrons. The Morgan fingerprint density at radius 3 is 2.83 bits per heavy atom. The largest absolute Gasteiger partial charge is 0.393 e. The molecule has 0 atom stereocenters. The number of hydrogen-bond donors (Lipinski definition) is 1. The molecule has 1 heterocycles. The molecular formula is C12H16N2O3S. The van der Waals surface area contributed by atoms with Gasteiger partial charge >= 0.3 is 0 Å². The Labute approximate surface area is 110 Å². The van der Waals surface area contributed by atoms with Gasteiger partial charge in [0.25, 0.3) is 5.69 Å². The highest BCUT2D eigenvalue weighted by Crippen LogP contribution is 2.31. The third-order valence-electron chi connectivity index (χ3n) is 3.01. The Morgan fingerprint density at radius 2 is 2.17 bits per heavy atom. The highest BCUT2D eigenvalue weighted by molar-refractivity contribution is 7.99. The van der Waals surface area contributed by atoms with Gasteiger partial charge in [0.05, 0.1) is 4.92 Å².